The van der Waals surface area contributed by atoms with E-state index in [0.29, 0.717) is 6.42 Å². The van der Waals surface area contributed by atoms with Crippen LogP contribution in [0.2, 0.25) is 0 Å². The van der Waals surface area contributed by atoms with Gasteiger partial charge in [-0.2, -0.15) is 0 Å². The molecule has 166 valence electrons. The van der Waals surface area contributed by atoms with Crippen molar-refractivity contribution in [1.29, 1.82) is 0 Å². The maximum atomic E-state index is 12.8. The van der Waals surface area contributed by atoms with Gasteiger partial charge in [0.2, 0.25) is 10.0 Å². The van der Waals surface area contributed by atoms with E-state index in [4.69, 9.17) is 15.4 Å². The molecule has 0 aromatic heterocycles. The molecular weight excluding hydrogens is 435 g/mol. The molecule has 0 bridgehead atoms. The number of sulfonamides is 1. The van der Waals surface area contributed by atoms with Crippen LogP contribution in [0.3, 0.4) is 0 Å². The lowest BCUT2D eigenvalue weighted by atomic mass is 10.0. The maximum Gasteiger partial charge on any atom is 0.350 e. The van der Waals surface area contributed by atoms with Gasteiger partial charge >= 0.3 is 7.60 Å². The fourth-order valence-electron chi connectivity index (χ4n) is 2.98. The zero-order chi connectivity index (χ0) is 22.9. The van der Waals surface area contributed by atoms with Crippen LogP contribution in [-0.4, -0.2) is 30.1 Å². The average molecular weight is 460 g/mol. The predicted octanol–water partition coefficient (Wildman–Crippen LogP) is 3.13. The molecule has 13 heteroatoms. The van der Waals surface area contributed by atoms with Crippen molar-refractivity contribution in [2.45, 2.75) is 50.4 Å². The monoisotopic (exact) mass is 460 g/mol. The molecule has 2 rings (SSSR count). The largest absolute Gasteiger partial charge is 0.397 e. The zero-order valence-electron chi connectivity index (χ0n) is 16.7. The first-order valence-electron chi connectivity index (χ1n) is 9.13. The third-order valence-corrected chi connectivity index (χ3v) is 7.53. The Kier molecular flexibility index (Phi) is 7.10. The minimum absolute atomic E-state index is 0.0787. The molecule has 0 aliphatic rings. The van der Waals surface area contributed by atoms with Gasteiger partial charge in [0.05, 0.1) is 32.7 Å². The number of nitrogens with two attached hydrogens (primary N) is 2. The summed E-state index contributed by atoms with van der Waals surface area (Å²) in [6.45, 7) is 5.11. The van der Waals surface area contributed by atoms with E-state index in [-0.39, 0.29) is 28.6 Å². The van der Waals surface area contributed by atoms with Crippen LogP contribution >= 0.6 is 7.60 Å². The second-order valence-electron chi connectivity index (χ2n) is 6.80. The van der Waals surface area contributed by atoms with Crippen LogP contribution in [0, 0.1) is 10.1 Å². The zero-order valence-corrected chi connectivity index (χ0v) is 18.4. The molecule has 0 spiro atoms. The van der Waals surface area contributed by atoms with Gasteiger partial charge in [0.15, 0.2) is 0 Å². The third-order valence-electron chi connectivity index (χ3n) is 4.63. The number of hydrogen-bond acceptors (Lipinski definition) is 8. The molecule has 0 radical (unpaired) electrons. The number of anilines is 2. The van der Waals surface area contributed by atoms with Crippen LogP contribution in [-0.2, 0) is 19.1 Å². The van der Waals surface area contributed by atoms with Crippen molar-refractivity contribution < 1.29 is 27.3 Å². The second kappa shape index (κ2) is 8.86. The Hall–Kier alpha value is -2.24. The van der Waals surface area contributed by atoms with Gasteiger partial charge in [0.25, 0.3) is 5.69 Å². The van der Waals surface area contributed by atoms with Crippen LogP contribution in [0.25, 0.3) is 10.8 Å². The number of nitrogens with one attached hydrogen (secondary N) is 1. The molecule has 0 heterocycles. The van der Waals surface area contributed by atoms with E-state index >= 15 is 0 Å². The smallest absolute Gasteiger partial charge is 0.350 e. The molecule has 30 heavy (non-hydrogen) atoms. The summed E-state index contributed by atoms with van der Waals surface area (Å²) >= 11 is 0. The summed E-state index contributed by atoms with van der Waals surface area (Å²) in [5.41, 5.74) is 5.43. The Morgan fingerprint density at radius 3 is 2.47 bits per heavy atom. The highest BCUT2D eigenvalue weighted by Crippen LogP contribution is 2.51. The minimum atomic E-state index is -4.30. The van der Waals surface area contributed by atoms with E-state index in [0.717, 1.165) is 12.1 Å². The van der Waals surface area contributed by atoms with Crippen molar-refractivity contribution in [2.24, 2.45) is 5.14 Å². The molecular formula is C17H25N4O7PS. The Labute approximate surface area is 174 Å². The predicted molar refractivity (Wildman–Crippen MR) is 115 cm³/mol. The first-order chi connectivity index (χ1) is 13.8. The molecule has 11 nitrogen and oxygen atoms in total. The first kappa shape index (κ1) is 24.0. The maximum absolute atomic E-state index is 12.8. The first-order valence-corrected chi connectivity index (χ1v) is 12.3. The Morgan fingerprint density at radius 2 is 1.97 bits per heavy atom. The summed E-state index contributed by atoms with van der Waals surface area (Å²) in [6, 6.07) is 4.90. The summed E-state index contributed by atoms with van der Waals surface area (Å²) in [5, 5.41) is 19.4. The lowest BCUT2D eigenvalue weighted by Gasteiger charge is -2.27. The van der Waals surface area contributed by atoms with Crippen molar-refractivity contribution in [1.82, 2.24) is 0 Å². The van der Waals surface area contributed by atoms with Gasteiger partial charge in [-0.25, -0.2) is 13.6 Å². The highest BCUT2D eigenvalue weighted by atomic mass is 32.2. The van der Waals surface area contributed by atoms with Crippen LogP contribution in [0.1, 0.15) is 33.6 Å². The van der Waals surface area contributed by atoms with Gasteiger partial charge in [-0.05, 0) is 25.8 Å². The van der Waals surface area contributed by atoms with Crippen LogP contribution in [0.4, 0.5) is 17.1 Å². The minimum Gasteiger partial charge on any atom is -0.397 e. The number of nitro groups is 1. The van der Waals surface area contributed by atoms with E-state index in [1.165, 1.54) is 12.1 Å². The standard InChI is InChI=1S/C17H25N4O7PS/c1-4-10(3)28-29(24,25)15(5-2)20-17-11-7-6-8-14(30(19,26)27)16(11)13(21(22)23)9-12(17)18/h6-10,15,20H,4-5,18H2,1-3H3,(H,24,25)(H2,19,26,27). The highest BCUT2D eigenvalue weighted by molar-refractivity contribution is 7.89. The quantitative estimate of drug-likeness (QED) is 0.189. The summed E-state index contributed by atoms with van der Waals surface area (Å²) in [4.78, 5) is 20.8. The number of non-ortho nitro benzene ring substituents is 1. The van der Waals surface area contributed by atoms with Gasteiger partial charge in [-0.1, -0.05) is 26.0 Å². The lowest BCUT2D eigenvalue weighted by molar-refractivity contribution is -0.383. The summed E-state index contributed by atoms with van der Waals surface area (Å²) in [5.74, 6) is -1.09. The summed E-state index contributed by atoms with van der Waals surface area (Å²) in [7, 11) is -8.46. The Balaban J connectivity index is 2.74. The molecule has 0 saturated carbocycles. The highest BCUT2D eigenvalue weighted by Gasteiger charge is 2.34. The number of benzene rings is 2. The van der Waals surface area contributed by atoms with Crippen LogP contribution < -0.4 is 16.2 Å². The van der Waals surface area contributed by atoms with E-state index < -0.39 is 45.0 Å². The number of rotatable bonds is 9. The van der Waals surface area contributed by atoms with Crippen molar-refractivity contribution >= 4 is 45.5 Å². The van der Waals surface area contributed by atoms with Gasteiger partial charge in [0, 0.05) is 11.5 Å². The molecule has 3 atom stereocenters. The number of fused-ring (bicyclic) bond motifs is 1. The number of hydrogen-bond donors (Lipinski definition) is 4. The number of primary sulfonamides is 1. The van der Waals surface area contributed by atoms with Crippen molar-refractivity contribution in [3.8, 4) is 0 Å². The van der Waals surface area contributed by atoms with E-state index in [2.05, 4.69) is 5.32 Å². The molecule has 0 amide bonds. The normalized spacial score (nSPS) is 16.0. The molecule has 3 unspecified atom stereocenters. The lowest BCUT2D eigenvalue weighted by Crippen LogP contribution is -2.23. The summed E-state index contributed by atoms with van der Waals surface area (Å²) < 4.78 is 42.1. The number of nitrogen functional groups attached to an aromatic ring is 1. The molecule has 0 saturated heterocycles. The topological polar surface area (TPSA) is 188 Å². The fourth-order valence-corrected chi connectivity index (χ4v) is 5.31. The van der Waals surface area contributed by atoms with Crippen molar-refractivity contribution in [3.05, 3.63) is 34.4 Å². The van der Waals surface area contributed by atoms with E-state index in [9.17, 15) is 28.0 Å². The Bertz CT molecular complexity index is 1120. The number of nitrogens with zero attached hydrogens (tertiary/aromatic N) is 1. The molecule has 6 N–H and O–H groups in total. The van der Waals surface area contributed by atoms with Gasteiger partial charge in [-0.3, -0.25) is 14.7 Å². The van der Waals surface area contributed by atoms with Crippen LogP contribution in [0.5, 0.6) is 0 Å². The van der Waals surface area contributed by atoms with E-state index in [1.54, 1.807) is 20.8 Å². The number of nitro benzene ring substituents is 1. The Morgan fingerprint density at radius 1 is 1.33 bits per heavy atom. The van der Waals surface area contributed by atoms with Crippen LogP contribution in [0.15, 0.2) is 29.2 Å². The average Bonchev–Trinajstić information content (AvgIpc) is 2.64. The van der Waals surface area contributed by atoms with Gasteiger partial charge < -0.3 is 20.5 Å². The molecule has 2 aromatic carbocycles. The van der Waals surface area contributed by atoms with Gasteiger partial charge in [-0.15, -0.1) is 0 Å². The van der Waals surface area contributed by atoms with Gasteiger partial charge in [0.1, 0.15) is 5.78 Å². The molecule has 0 aliphatic carbocycles. The molecule has 0 aliphatic heterocycles. The third kappa shape index (κ3) is 4.90. The molecule has 0 fully saturated rings. The van der Waals surface area contributed by atoms with E-state index in [1.807, 2.05) is 0 Å². The van der Waals surface area contributed by atoms with Crippen molar-refractivity contribution in [3.63, 3.8) is 0 Å². The second-order valence-corrected chi connectivity index (χ2v) is 10.3. The van der Waals surface area contributed by atoms with Crippen molar-refractivity contribution in [2.75, 3.05) is 11.1 Å². The molecule has 2 aromatic rings. The SMILES string of the molecule is CCC(C)OP(=O)(O)C(CC)Nc1c(N)cc([N+](=O)[O-])c2c(S(N)(=O)=O)cccc12. The fraction of sp³-hybridized carbons (Fsp3) is 0.412. The summed E-state index contributed by atoms with van der Waals surface area (Å²) in [6.07, 6.45) is 0.204.